The molecule has 0 saturated carbocycles. The van der Waals surface area contributed by atoms with Crippen LogP contribution in [0.2, 0.25) is 0 Å². The minimum Gasteiger partial charge on any atom is -0.310 e. The van der Waals surface area contributed by atoms with E-state index in [1.807, 2.05) is 0 Å². The lowest BCUT2D eigenvalue weighted by Gasteiger charge is -2.29. The first-order valence-corrected chi connectivity index (χ1v) is 18.7. The van der Waals surface area contributed by atoms with E-state index in [1.165, 1.54) is 99.3 Å². The summed E-state index contributed by atoms with van der Waals surface area (Å²) in [5.74, 6) is 0.449. The molecule has 10 rings (SSSR count). The lowest BCUT2D eigenvalue weighted by molar-refractivity contribution is 0.866. The highest BCUT2D eigenvalue weighted by molar-refractivity contribution is 6.24. The molecular formula is C52H39N. The van der Waals surface area contributed by atoms with Gasteiger partial charge in [-0.05, 0) is 155 Å². The minimum absolute atomic E-state index is 0.449. The van der Waals surface area contributed by atoms with Crippen LogP contribution in [-0.4, -0.2) is 0 Å². The maximum Gasteiger partial charge on any atom is 0.0490 e. The third-order valence-electron chi connectivity index (χ3n) is 11.2. The van der Waals surface area contributed by atoms with Crippen LogP contribution in [0.25, 0.3) is 76.8 Å². The SMILES string of the molecule is Cc1ccccc1N(c1cccc(C(C)C)c1)c1ccc2cc3c(cc2c1)-c1cc2c(-c4ccccc4)c4ccccc4c(-c4ccccc4)c2cc1-3. The van der Waals surface area contributed by atoms with Gasteiger partial charge in [0, 0.05) is 17.1 Å². The van der Waals surface area contributed by atoms with Gasteiger partial charge in [0.2, 0.25) is 0 Å². The van der Waals surface area contributed by atoms with Crippen LogP contribution in [0.1, 0.15) is 30.9 Å². The standard InChI is InChI=1S/C52H39N/c1-33(2)37-20-14-21-40(27-37)53(50-24-13-10-15-34(50)3)41-26-25-38-29-44-45(30-39(38)28-41)47-32-49-48(31-46(44)47)51(35-16-6-4-7-17-35)42-22-11-12-23-43(42)52(49)36-18-8-5-9-19-36/h4-33H,1-3H3. The first-order valence-electron chi connectivity index (χ1n) is 18.7. The van der Waals surface area contributed by atoms with Gasteiger partial charge in [0.1, 0.15) is 0 Å². The summed E-state index contributed by atoms with van der Waals surface area (Å²) < 4.78 is 0. The minimum atomic E-state index is 0.449. The number of nitrogens with zero attached hydrogens (tertiary/aromatic N) is 1. The quantitative estimate of drug-likeness (QED) is 0.158. The molecule has 0 spiro atoms. The summed E-state index contributed by atoms with van der Waals surface area (Å²) in [5, 5.41) is 7.66. The maximum absolute atomic E-state index is 2.47. The Balaban J connectivity index is 1.18. The zero-order valence-electron chi connectivity index (χ0n) is 30.3. The molecule has 0 radical (unpaired) electrons. The summed E-state index contributed by atoms with van der Waals surface area (Å²) in [6, 6.07) is 65.2. The van der Waals surface area contributed by atoms with E-state index >= 15 is 0 Å². The number of fused-ring (bicyclic) bond motifs is 7. The predicted octanol–water partition coefficient (Wildman–Crippen LogP) is 15.0. The number of anilines is 3. The van der Waals surface area contributed by atoms with E-state index in [0.717, 1.165) is 5.69 Å². The molecule has 0 fully saturated rings. The Morgan fingerprint density at radius 3 is 1.53 bits per heavy atom. The summed E-state index contributed by atoms with van der Waals surface area (Å²) in [4.78, 5) is 2.42. The molecule has 9 aromatic carbocycles. The maximum atomic E-state index is 2.47. The van der Waals surface area contributed by atoms with Crippen LogP contribution in [0.5, 0.6) is 0 Å². The highest BCUT2D eigenvalue weighted by Crippen LogP contribution is 2.54. The van der Waals surface area contributed by atoms with Crippen molar-refractivity contribution in [2.45, 2.75) is 26.7 Å². The lowest BCUT2D eigenvalue weighted by atomic mass is 9.75. The van der Waals surface area contributed by atoms with Crippen molar-refractivity contribution < 1.29 is 0 Å². The second-order valence-corrected chi connectivity index (χ2v) is 14.8. The second-order valence-electron chi connectivity index (χ2n) is 14.8. The van der Waals surface area contributed by atoms with Gasteiger partial charge in [-0.25, -0.2) is 0 Å². The lowest BCUT2D eigenvalue weighted by Crippen LogP contribution is -2.11. The van der Waals surface area contributed by atoms with Crippen LogP contribution in [0, 0.1) is 6.92 Å². The van der Waals surface area contributed by atoms with Gasteiger partial charge in [-0.3, -0.25) is 0 Å². The van der Waals surface area contributed by atoms with Gasteiger partial charge in [0.05, 0.1) is 0 Å². The van der Waals surface area contributed by atoms with Gasteiger partial charge < -0.3 is 4.90 Å². The zero-order valence-corrected chi connectivity index (χ0v) is 30.3. The predicted molar refractivity (Wildman–Crippen MR) is 228 cm³/mol. The molecule has 1 aliphatic rings. The van der Waals surface area contributed by atoms with Gasteiger partial charge in [-0.2, -0.15) is 0 Å². The van der Waals surface area contributed by atoms with Crippen LogP contribution >= 0.6 is 0 Å². The topological polar surface area (TPSA) is 3.24 Å². The molecule has 252 valence electrons. The molecule has 1 aliphatic carbocycles. The third kappa shape index (κ3) is 5.07. The molecule has 0 aliphatic heterocycles. The Bertz CT molecular complexity index is 2860. The number of benzene rings is 9. The van der Waals surface area contributed by atoms with Crippen LogP contribution in [0.3, 0.4) is 0 Å². The first kappa shape index (κ1) is 31.3. The largest absolute Gasteiger partial charge is 0.310 e. The van der Waals surface area contributed by atoms with E-state index in [4.69, 9.17) is 0 Å². The van der Waals surface area contributed by atoms with Gasteiger partial charge in [0.25, 0.3) is 0 Å². The summed E-state index contributed by atoms with van der Waals surface area (Å²) in [6.07, 6.45) is 0. The van der Waals surface area contributed by atoms with Gasteiger partial charge in [0.15, 0.2) is 0 Å². The number of hydrogen-bond acceptors (Lipinski definition) is 1. The number of para-hydroxylation sites is 1. The summed E-state index contributed by atoms with van der Waals surface area (Å²) in [5.41, 5.74) is 16.5. The van der Waals surface area contributed by atoms with Gasteiger partial charge in [-0.1, -0.05) is 135 Å². The molecule has 0 heterocycles. The molecule has 0 atom stereocenters. The van der Waals surface area contributed by atoms with Crippen LogP contribution in [-0.2, 0) is 0 Å². The Labute approximate surface area is 311 Å². The third-order valence-corrected chi connectivity index (χ3v) is 11.2. The fourth-order valence-electron chi connectivity index (χ4n) is 8.57. The van der Waals surface area contributed by atoms with Crippen molar-refractivity contribution in [3.05, 3.63) is 187 Å². The van der Waals surface area contributed by atoms with Gasteiger partial charge in [-0.15, -0.1) is 0 Å². The van der Waals surface area contributed by atoms with Crippen molar-refractivity contribution in [1.82, 2.24) is 0 Å². The molecule has 0 unspecified atom stereocenters. The molecule has 0 N–H and O–H groups in total. The highest BCUT2D eigenvalue weighted by Gasteiger charge is 2.27. The molecule has 0 amide bonds. The average Bonchev–Trinajstić information content (AvgIpc) is 3.20. The fourth-order valence-corrected chi connectivity index (χ4v) is 8.57. The van der Waals surface area contributed by atoms with Crippen molar-refractivity contribution in [2.24, 2.45) is 0 Å². The van der Waals surface area contributed by atoms with Crippen LogP contribution in [0.4, 0.5) is 17.1 Å². The number of aryl methyl sites for hydroxylation is 1. The molecule has 1 nitrogen and oxygen atoms in total. The Hall–Kier alpha value is -6.44. The molecule has 1 heteroatoms. The van der Waals surface area contributed by atoms with Crippen molar-refractivity contribution in [1.29, 1.82) is 0 Å². The molecule has 0 bridgehead atoms. The van der Waals surface area contributed by atoms with Crippen LogP contribution in [0.15, 0.2) is 176 Å². The van der Waals surface area contributed by atoms with Crippen molar-refractivity contribution in [3.8, 4) is 44.5 Å². The Morgan fingerprint density at radius 1 is 0.396 bits per heavy atom. The smallest absolute Gasteiger partial charge is 0.0490 e. The van der Waals surface area contributed by atoms with E-state index < -0.39 is 0 Å². The van der Waals surface area contributed by atoms with Gasteiger partial charge >= 0.3 is 0 Å². The van der Waals surface area contributed by atoms with Crippen molar-refractivity contribution in [3.63, 3.8) is 0 Å². The molecule has 53 heavy (non-hydrogen) atoms. The van der Waals surface area contributed by atoms with Crippen molar-refractivity contribution in [2.75, 3.05) is 4.90 Å². The Kier molecular flexibility index (Phi) is 7.30. The van der Waals surface area contributed by atoms with E-state index in [1.54, 1.807) is 0 Å². The zero-order chi connectivity index (χ0) is 35.6. The van der Waals surface area contributed by atoms with E-state index in [2.05, 4.69) is 202 Å². The summed E-state index contributed by atoms with van der Waals surface area (Å²) in [7, 11) is 0. The normalized spacial score (nSPS) is 11.8. The van der Waals surface area contributed by atoms with E-state index in [9.17, 15) is 0 Å². The molecule has 0 saturated heterocycles. The number of hydrogen-bond donors (Lipinski definition) is 0. The van der Waals surface area contributed by atoms with Crippen LogP contribution < -0.4 is 4.90 Å². The number of rotatable bonds is 6. The molecule has 9 aromatic rings. The van der Waals surface area contributed by atoms with E-state index in [-0.39, 0.29) is 0 Å². The molecule has 0 aromatic heterocycles. The summed E-state index contributed by atoms with van der Waals surface area (Å²) in [6.45, 7) is 6.73. The Morgan fingerprint density at radius 2 is 0.925 bits per heavy atom. The first-order chi connectivity index (χ1) is 26.0. The van der Waals surface area contributed by atoms with E-state index in [0.29, 0.717) is 5.92 Å². The monoisotopic (exact) mass is 677 g/mol. The fraction of sp³-hybridized carbons (Fsp3) is 0.0769. The summed E-state index contributed by atoms with van der Waals surface area (Å²) >= 11 is 0. The molecular weight excluding hydrogens is 639 g/mol. The second kappa shape index (κ2) is 12.4. The van der Waals surface area contributed by atoms with Crippen molar-refractivity contribution >= 4 is 49.4 Å². The highest BCUT2D eigenvalue weighted by atomic mass is 15.1. The average molecular weight is 678 g/mol.